The molecule has 6 aromatic heterocycles. The molecule has 0 aliphatic carbocycles. The highest BCUT2D eigenvalue weighted by molar-refractivity contribution is 5.84. The van der Waals surface area contributed by atoms with E-state index in [0.717, 1.165) is 16.7 Å². The topological polar surface area (TPSA) is 269 Å². The van der Waals surface area contributed by atoms with Gasteiger partial charge in [0.25, 0.3) is 0 Å². The predicted octanol–water partition coefficient (Wildman–Crippen LogP) is 14.0. The average molecular weight is 1500 g/mol. The highest BCUT2D eigenvalue weighted by Gasteiger charge is 2.24. The fourth-order valence-corrected chi connectivity index (χ4v) is 12.6. The second-order valence-corrected chi connectivity index (χ2v) is 26.1. The number of hydrogen-bond acceptors (Lipinski definition) is 22. The molecule has 0 spiro atoms. The van der Waals surface area contributed by atoms with E-state index in [2.05, 4.69) is 35.8 Å². The molecule has 6 heterocycles. The van der Waals surface area contributed by atoms with E-state index in [1.54, 1.807) is 68.6 Å². The van der Waals surface area contributed by atoms with Crippen molar-refractivity contribution >= 4 is 32.9 Å². The van der Waals surface area contributed by atoms with Gasteiger partial charge in [0, 0.05) is 54.9 Å². The fraction of sp³-hybridized carbons (Fsp3) is 0.207. The molecule has 0 unspecified atom stereocenters. The van der Waals surface area contributed by atoms with Crippen LogP contribution in [0.5, 0.6) is 34.5 Å². The van der Waals surface area contributed by atoms with Gasteiger partial charge in [-0.3, -0.25) is 19.3 Å². The van der Waals surface area contributed by atoms with Gasteiger partial charge in [-0.2, -0.15) is 0 Å². The molecule has 15 aromatic rings. The summed E-state index contributed by atoms with van der Waals surface area (Å²) in [4.78, 5) is 43.6. The Labute approximate surface area is 642 Å². The molecule has 0 aliphatic heterocycles. The Bertz CT molecular complexity index is 5250. The zero-order valence-electron chi connectivity index (χ0n) is 61.1. The van der Waals surface area contributed by atoms with Gasteiger partial charge in [0.15, 0.2) is 17.3 Å². The molecule has 566 valence electrons. The van der Waals surface area contributed by atoms with Crippen LogP contribution in [0.3, 0.4) is 0 Å². The number of aromatic nitrogens is 9. The molecule has 0 atom stereocenters. The number of ether oxygens (including phenoxy) is 9. The van der Waals surface area contributed by atoms with Crippen molar-refractivity contribution in [3.8, 4) is 68.5 Å². The Kier molecular flexibility index (Phi) is 24.3. The van der Waals surface area contributed by atoms with Crippen molar-refractivity contribution < 1.29 is 55.9 Å². The SMILES string of the molecule is O=c1c(OCc2ccccc2)c(-c2cccc(OCCOCCn3cc(CN(Cc4cn(CCOCCOc5cccc(-c6oc7ccccc7c(=O)c6OCc6ccccc6)c5)nn4)Cc4cn(CCOCCOc5cccc(-c6oc7ccccc7c(=O)c6OCc6ccccc6)c5)nn4)nn3)c2)oc2ccccc12. The van der Waals surface area contributed by atoms with Gasteiger partial charge in [-0.05, 0) is 89.5 Å². The second-order valence-electron chi connectivity index (χ2n) is 26.1. The van der Waals surface area contributed by atoms with E-state index < -0.39 is 0 Å². The lowest BCUT2D eigenvalue weighted by Gasteiger charge is -2.18. The zero-order chi connectivity index (χ0) is 76.1. The lowest BCUT2D eigenvalue weighted by Crippen LogP contribution is -2.23. The fourth-order valence-electron chi connectivity index (χ4n) is 12.6. The van der Waals surface area contributed by atoms with Gasteiger partial charge in [0.05, 0.1) is 92.5 Å². The highest BCUT2D eigenvalue weighted by Crippen LogP contribution is 2.37. The van der Waals surface area contributed by atoms with Crippen LogP contribution >= 0.6 is 0 Å². The third-order valence-electron chi connectivity index (χ3n) is 18.0. The molecular weight excluding hydrogens is 1430 g/mol. The summed E-state index contributed by atoms with van der Waals surface area (Å²) in [7, 11) is 0. The van der Waals surface area contributed by atoms with Gasteiger partial charge in [-0.15, -0.1) is 15.3 Å². The van der Waals surface area contributed by atoms with E-state index in [1.807, 2.05) is 201 Å². The maximum absolute atomic E-state index is 13.8. The van der Waals surface area contributed by atoms with Crippen LogP contribution in [-0.4, -0.2) is 109 Å². The molecule has 25 nitrogen and oxygen atoms in total. The van der Waals surface area contributed by atoms with E-state index in [1.165, 1.54) is 0 Å². The van der Waals surface area contributed by atoms with Crippen molar-refractivity contribution in [2.45, 2.75) is 59.1 Å². The Balaban J connectivity index is 0.545. The standard InChI is InChI=1S/C87H78N10O15/c98-79-73-31-10-13-34-76(73)110-82(85(79)107-58-61-19-4-1-5-20-61)64-25-16-28-70(49-64)104-46-43-101-40-37-95-55-67(88-91-95)52-94(53-68-56-96(92-89-68)38-41-102-44-47-105-71-29-17-26-65(50-71)83-86(108-59-62-21-6-2-7-22-62)80(99)74-32-11-14-35-77(74)111-83)54-69-57-97(93-90-69)39-42-103-45-48-106-72-30-18-27-66(51-72)84-87(109-60-63-23-8-3-9-24-63)81(100)75-33-12-15-36-78(75)112-84/h1-36,49-51,55-57H,37-48,52-54,58-60H2. The first-order valence-corrected chi connectivity index (χ1v) is 36.7. The smallest absolute Gasteiger partial charge is 0.235 e. The number of para-hydroxylation sites is 3. The molecule has 9 aromatic carbocycles. The quantitative estimate of drug-likeness (QED) is 0.0324. The van der Waals surface area contributed by atoms with Crippen LogP contribution in [-0.2, 0) is 73.3 Å². The van der Waals surface area contributed by atoms with Gasteiger partial charge in [0.2, 0.25) is 33.5 Å². The maximum atomic E-state index is 13.8. The van der Waals surface area contributed by atoms with E-state index in [4.69, 9.17) is 55.9 Å². The lowest BCUT2D eigenvalue weighted by molar-refractivity contribution is 0.0923. The van der Waals surface area contributed by atoms with Crippen LogP contribution in [0.1, 0.15) is 33.8 Å². The highest BCUT2D eigenvalue weighted by atomic mass is 16.5. The van der Waals surface area contributed by atoms with E-state index in [9.17, 15) is 14.4 Å². The lowest BCUT2D eigenvalue weighted by atomic mass is 10.1. The van der Waals surface area contributed by atoms with Gasteiger partial charge >= 0.3 is 0 Å². The van der Waals surface area contributed by atoms with Crippen molar-refractivity contribution in [3.63, 3.8) is 0 Å². The van der Waals surface area contributed by atoms with Gasteiger partial charge < -0.3 is 55.9 Å². The normalized spacial score (nSPS) is 11.4. The minimum absolute atomic E-state index is 0.122. The monoisotopic (exact) mass is 1500 g/mol. The summed E-state index contributed by atoms with van der Waals surface area (Å²) in [5.41, 5.74) is 7.32. The molecule has 0 saturated carbocycles. The number of hydrogen-bond donors (Lipinski definition) is 0. The molecule has 15 rings (SSSR count). The summed E-state index contributed by atoms with van der Waals surface area (Å²) >= 11 is 0. The molecule has 0 saturated heterocycles. The first-order valence-electron chi connectivity index (χ1n) is 36.7. The van der Waals surface area contributed by atoms with E-state index in [-0.39, 0.29) is 73.2 Å². The third kappa shape index (κ3) is 19.2. The molecule has 0 radical (unpaired) electrons. The number of nitrogens with zero attached hydrogens (tertiary/aromatic N) is 10. The minimum Gasteiger partial charge on any atom is -0.491 e. The van der Waals surface area contributed by atoms with Crippen LogP contribution < -0.4 is 44.7 Å². The average Bonchev–Trinajstić information content (AvgIpc) is 1.53. The molecule has 112 heavy (non-hydrogen) atoms. The second kappa shape index (κ2) is 36.7. The summed E-state index contributed by atoms with van der Waals surface area (Å²) in [5.74, 6) is 3.00. The number of fused-ring (bicyclic) bond motifs is 3. The Morgan fingerprint density at radius 3 is 0.911 bits per heavy atom. The van der Waals surface area contributed by atoms with E-state index in [0.29, 0.717) is 180 Å². The molecule has 0 fully saturated rings. The van der Waals surface area contributed by atoms with Crippen LogP contribution in [0.4, 0.5) is 0 Å². The largest absolute Gasteiger partial charge is 0.491 e. The number of benzene rings is 9. The van der Waals surface area contributed by atoms with Crippen LogP contribution in [0.25, 0.3) is 66.9 Å². The summed E-state index contributed by atoms with van der Waals surface area (Å²) in [5, 5.41) is 28.2. The molecule has 0 bridgehead atoms. The van der Waals surface area contributed by atoms with Crippen molar-refractivity contribution in [2.75, 3.05) is 59.5 Å². The van der Waals surface area contributed by atoms with Crippen LogP contribution in [0.15, 0.2) is 283 Å². The molecule has 0 N–H and O–H groups in total. The molecule has 0 amide bonds. The van der Waals surface area contributed by atoms with Gasteiger partial charge in [0.1, 0.15) is 73.6 Å². The van der Waals surface area contributed by atoms with Gasteiger partial charge in [-0.25, -0.2) is 14.0 Å². The third-order valence-corrected chi connectivity index (χ3v) is 18.0. The predicted molar refractivity (Wildman–Crippen MR) is 418 cm³/mol. The van der Waals surface area contributed by atoms with Crippen LogP contribution in [0, 0.1) is 0 Å². The van der Waals surface area contributed by atoms with Crippen LogP contribution in [0.2, 0.25) is 0 Å². The van der Waals surface area contributed by atoms with Crippen molar-refractivity contribution in [1.82, 2.24) is 49.9 Å². The number of rotatable bonds is 39. The maximum Gasteiger partial charge on any atom is 0.235 e. The zero-order valence-corrected chi connectivity index (χ0v) is 61.1. The minimum atomic E-state index is -0.260. The Morgan fingerprint density at radius 2 is 0.598 bits per heavy atom. The Morgan fingerprint density at radius 1 is 0.304 bits per heavy atom. The summed E-state index contributed by atoms with van der Waals surface area (Å²) in [6.45, 7) is 5.66. The summed E-state index contributed by atoms with van der Waals surface area (Å²) in [6, 6.07) is 72.3. The van der Waals surface area contributed by atoms with Crippen molar-refractivity contribution in [2.24, 2.45) is 0 Å². The first kappa shape index (κ1) is 74.1. The Hall–Kier alpha value is -13.3. The summed E-state index contributed by atoms with van der Waals surface area (Å²) < 4.78 is 79.2. The molecular formula is C87H78N10O15. The summed E-state index contributed by atoms with van der Waals surface area (Å²) in [6.07, 6.45) is 5.66. The molecule has 0 aliphatic rings. The van der Waals surface area contributed by atoms with Gasteiger partial charge in [-0.1, -0.05) is 179 Å². The van der Waals surface area contributed by atoms with Crippen molar-refractivity contribution in [1.29, 1.82) is 0 Å². The first-order chi connectivity index (χ1) is 55.2. The van der Waals surface area contributed by atoms with Crippen molar-refractivity contribution in [3.05, 3.63) is 320 Å². The molecule has 25 heteroatoms. The van der Waals surface area contributed by atoms with E-state index >= 15 is 0 Å².